The topological polar surface area (TPSA) is 54.4 Å². The normalized spacial score (nSPS) is 10.6. The lowest BCUT2D eigenvalue weighted by molar-refractivity contribution is 0.0954. The highest BCUT2D eigenvalue weighted by Crippen LogP contribution is 2.12. The van der Waals surface area contributed by atoms with Gasteiger partial charge in [0.25, 0.3) is 5.91 Å². The van der Waals surface area contributed by atoms with Gasteiger partial charge in [0.05, 0.1) is 11.8 Å². The number of aromatic nitrogens is 1. The van der Waals surface area contributed by atoms with Crippen molar-refractivity contribution in [2.75, 3.05) is 0 Å². The van der Waals surface area contributed by atoms with Crippen LogP contribution >= 0.6 is 27.5 Å². The van der Waals surface area contributed by atoms with Gasteiger partial charge in [0.15, 0.2) is 0 Å². The van der Waals surface area contributed by atoms with E-state index in [4.69, 9.17) is 11.6 Å². The molecule has 0 aliphatic rings. The van der Waals surface area contributed by atoms with Crippen LogP contribution in [0.2, 0.25) is 5.02 Å². The monoisotopic (exact) mass is 337 g/mol. The molecule has 19 heavy (non-hydrogen) atoms. The minimum atomic E-state index is -0.336. The Balaban J connectivity index is 2.03. The molecule has 4 nitrogen and oxygen atoms in total. The number of nitrogens with one attached hydrogen (secondary N) is 1. The third-order valence-electron chi connectivity index (χ3n) is 2.24. The summed E-state index contributed by atoms with van der Waals surface area (Å²) in [5, 5.41) is 4.43. The van der Waals surface area contributed by atoms with Crippen LogP contribution in [-0.4, -0.2) is 17.1 Å². The number of carbonyl (C=O) groups excluding carboxylic acids is 1. The first-order valence-electron chi connectivity index (χ1n) is 5.35. The standard InChI is InChI=1S/C13H9BrClN3O/c14-11-5-10(6-16-8-11)13(19)18-17-7-9-3-1-2-4-12(9)15/h1-8H,(H,18,19). The molecule has 1 heterocycles. The maximum absolute atomic E-state index is 11.8. The maximum Gasteiger partial charge on any atom is 0.272 e. The number of amides is 1. The summed E-state index contributed by atoms with van der Waals surface area (Å²) in [4.78, 5) is 15.7. The molecule has 0 bridgehead atoms. The van der Waals surface area contributed by atoms with Crippen LogP contribution in [0.25, 0.3) is 0 Å². The van der Waals surface area contributed by atoms with Gasteiger partial charge in [-0.3, -0.25) is 9.78 Å². The number of hydrogen-bond acceptors (Lipinski definition) is 3. The zero-order valence-electron chi connectivity index (χ0n) is 9.68. The molecule has 2 rings (SSSR count). The molecule has 6 heteroatoms. The number of carbonyl (C=O) groups is 1. The van der Waals surface area contributed by atoms with Gasteiger partial charge >= 0.3 is 0 Å². The number of hydrazone groups is 1. The van der Waals surface area contributed by atoms with Crippen LogP contribution in [0.15, 0.2) is 52.3 Å². The Kier molecular flexibility index (Phi) is 4.65. The molecule has 0 unspecified atom stereocenters. The summed E-state index contributed by atoms with van der Waals surface area (Å²) in [7, 11) is 0. The quantitative estimate of drug-likeness (QED) is 0.690. The third-order valence-corrected chi connectivity index (χ3v) is 3.02. The van der Waals surface area contributed by atoms with Crippen molar-refractivity contribution in [1.29, 1.82) is 0 Å². The molecule has 0 fully saturated rings. The van der Waals surface area contributed by atoms with Crippen LogP contribution in [0.5, 0.6) is 0 Å². The van der Waals surface area contributed by atoms with Crippen molar-refractivity contribution in [3.63, 3.8) is 0 Å². The second-order valence-corrected chi connectivity index (χ2v) is 4.94. The van der Waals surface area contributed by atoms with Gasteiger partial charge in [-0.1, -0.05) is 29.8 Å². The average Bonchev–Trinajstić information content (AvgIpc) is 2.41. The van der Waals surface area contributed by atoms with Gasteiger partial charge in [0.1, 0.15) is 0 Å². The summed E-state index contributed by atoms with van der Waals surface area (Å²) in [6.45, 7) is 0. The fraction of sp³-hybridized carbons (Fsp3) is 0. The Morgan fingerprint density at radius 1 is 1.37 bits per heavy atom. The summed E-state index contributed by atoms with van der Waals surface area (Å²) in [5.41, 5.74) is 3.57. The predicted molar refractivity (Wildman–Crippen MR) is 78.4 cm³/mol. The molecule has 1 amide bonds. The van der Waals surface area contributed by atoms with Gasteiger partial charge in [-0.15, -0.1) is 0 Å². The van der Waals surface area contributed by atoms with Crippen molar-refractivity contribution in [1.82, 2.24) is 10.4 Å². The van der Waals surface area contributed by atoms with Crippen molar-refractivity contribution in [3.8, 4) is 0 Å². The molecule has 0 saturated heterocycles. The highest BCUT2D eigenvalue weighted by atomic mass is 79.9. The van der Waals surface area contributed by atoms with Crippen LogP contribution in [0.4, 0.5) is 0 Å². The van der Waals surface area contributed by atoms with Crippen LogP contribution < -0.4 is 5.43 Å². The first kappa shape index (κ1) is 13.7. The van der Waals surface area contributed by atoms with Crippen molar-refractivity contribution in [2.45, 2.75) is 0 Å². The zero-order chi connectivity index (χ0) is 13.7. The summed E-state index contributed by atoms with van der Waals surface area (Å²) in [6.07, 6.45) is 4.56. The molecule has 0 saturated carbocycles. The lowest BCUT2D eigenvalue weighted by atomic mass is 10.2. The minimum absolute atomic E-state index is 0.336. The summed E-state index contributed by atoms with van der Waals surface area (Å²) < 4.78 is 0.732. The van der Waals surface area contributed by atoms with E-state index in [1.54, 1.807) is 24.4 Å². The Hall–Kier alpha value is -1.72. The molecule has 0 spiro atoms. The van der Waals surface area contributed by atoms with E-state index in [1.165, 1.54) is 12.4 Å². The predicted octanol–water partition coefficient (Wildman–Crippen LogP) is 3.26. The third kappa shape index (κ3) is 3.87. The van der Waals surface area contributed by atoms with E-state index in [9.17, 15) is 4.79 Å². The van der Waals surface area contributed by atoms with Gasteiger partial charge in [-0.25, -0.2) is 5.43 Å². The maximum atomic E-state index is 11.8. The molecule has 1 aromatic carbocycles. The fourth-order valence-corrected chi connectivity index (χ4v) is 1.89. The Morgan fingerprint density at radius 2 is 2.16 bits per heavy atom. The largest absolute Gasteiger partial charge is 0.272 e. The van der Waals surface area contributed by atoms with Gasteiger partial charge < -0.3 is 0 Å². The number of rotatable bonds is 3. The van der Waals surface area contributed by atoms with E-state index in [0.29, 0.717) is 10.6 Å². The Labute approximate surface area is 123 Å². The van der Waals surface area contributed by atoms with E-state index in [0.717, 1.165) is 10.0 Å². The number of halogens is 2. The van der Waals surface area contributed by atoms with E-state index in [2.05, 4.69) is 31.4 Å². The second kappa shape index (κ2) is 6.45. The Bertz CT molecular complexity index is 631. The van der Waals surface area contributed by atoms with E-state index in [-0.39, 0.29) is 5.91 Å². The van der Waals surface area contributed by atoms with Crippen molar-refractivity contribution in [2.24, 2.45) is 5.10 Å². The summed E-state index contributed by atoms with van der Waals surface area (Å²) >= 11 is 9.20. The average molecular weight is 339 g/mol. The minimum Gasteiger partial charge on any atom is -0.267 e. The first-order valence-corrected chi connectivity index (χ1v) is 6.52. The molecular formula is C13H9BrClN3O. The van der Waals surface area contributed by atoms with Crippen LogP contribution in [0.3, 0.4) is 0 Å². The number of nitrogens with zero attached hydrogens (tertiary/aromatic N) is 2. The molecule has 0 atom stereocenters. The van der Waals surface area contributed by atoms with Gasteiger partial charge in [0.2, 0.25) is 0 Å². The highest BCUT2D eigenvalue weighted by Gasteiger charge is 2.04. The van der Waals surface area contributed by atoms with Gasteiger partial charge in [-0.05, 0) is 28.1 Å². The number of benzene rings is 1. The zero-order valence-corrected chi connectivity index (χ0v) is 12.0. The van der Waals surface area contributed by atoms with Gasteiger partial charge in [0, 0.05) is 27.5 Å². The summed E-state index contributed by atoms with van der Waals surface area (Å²) in [6, 6.07) is 8.88. The van der Waals surface area contributed by atoms with Crippen LogP contribution in [0.1, 0.15) is 15.9 Å². The summed E-state index contributed by atoms with van der Waals surface area (Å²) in [5.74, 6) is -0.336. The first-order chi connectivity index (χ1) is 9.16. The van der Waals surface area contributed by atoms with Crippen molar-refractivity contribution < 1.29 is 4.79 Å². The van der Waals surface area contributed by atoms with E-state index < -0.39 is 0 Å². The molecule has 2 aromatic rings. The van der Waals surface area contributed by atoms with E-state index in [1.807, 2.05) is 12.1 Å². The lowest BCUT2D eigenvalue weighted by Crippen LogP contribution is -2.17. The lowest BCUT2D eigenvalue weighted by Gasteiger charge is -2.00. The molecule has 96 valence electrons. The van der Waals surface area contributed by atoms with Crippen molar-refractivity contribution >= 4 is 39.7 Å². The fourth-order valence-electron chi connectivity index (χ4n) is 1.34. The SMILES string of the molecule is O=C(NN=Cc1ccccc1Cl)c1cncc(Br)c1. The van der Waals surface area contributed by atoms with Crippen LogP contribution in [-0.2, 0) is 0 Å². The Morgan fingerprint density at radius 3 is 2.89 bits per heavy atom. The molecule has 1 N–H and O–H groups in total. The number of pyridine rings is 1. The molecule has 0 aliphatic heterocycles. The van der Waals surface area contributed by atoms with Gasteiger partial charge in [-0.2, -0.15) is 5.10 Å². The molecular weight excluding hydrogens is 330 g/mol. The van der Waals surface area contributed by atoms with E-state index >= 15 is 0 Å². The highest BCUT2D eigenvalue weighted by molar-refractivity contribution is 9.10. The smallest absolute Gasteiger partial charge is 0.267 e. The molecule has 0 radical (unpaired) electrons. The molecule has 1 aromatic heterocycles. The second-order valence-electron chi connectivity index (χ2n) is 3.61. The molecule has 0 aliphatic carbocycles. The van der Waals surface area contributed by atoms with Crippen LogP contribution in [0, 0.1) is 0 Å². The number of hydrogen-bond donors (Lipinski definition) is 1. The van der Waals surface area contributed by atoms with Crippen molar-refractivity contribution in [3.05, 3.63) is 63.3 Å².